The lowest BCUT2D eigenvalue weighted by molar-refractivity contribution is -0.137. The lowest BCUT2D eigenvalue weighted by Crippen LogP contribution is -2.41. The first-order valence-electron chi connectivity index (χ1n) is 9.42. The molecule has 0 unspecified atom stereocenters. The van der Waals surface area contributed by atoms with E-state index in [-0.39, 0.29) is 22.6 Å². The Bertz CT molecular complexity index is 1120. The van der Waals surface area contributed by atoms with Gasteiger partial charge in [0.05, 0.1) is 19.3 Å². The standard InChI is InChI=1S/C22H19F3N2O5/c1-3-31-17-8-7-14(12-19(17)30-2)20(28)26-27-21(29)18-10-9-16(32-18)13-5-4-6-15(11-13)22(23,24)25/h4-12H,3H2,1-2H3,(H,26,28)(H,27,29). The molecular weight excluding hydrogens is 429 g/mol. The number of methoxy groups -OCH3 is 1. The van der Waals surface area contributed by atoms with Gasteiger partial charge in [-0.2, -0.15) is 13.2 Å². The van der Waals surface area contributed by atoms with Crippen LogP contribution in [0.1, 0.15) is 33.4 Å². The molecule has 0 aliphatic rings. The van der Waals surface area contributed by atoms with Gasteiger partial charge in [0.15, 0.2) is 17.3 Å². The number of halogens is 3. The van der Waals surface area contributed by atoms with Crippen molar-refractivity contribution >= 4 is 11.8 Å². The summed E-state index contributed by atoms with van der Waals surface area (Å²) < 4.78 is 54.6. The number of ether oxygens (including phenoxy) is 2. The highest BCUT2D eigenvalue weighted by Crippen LogP contribution is 2.32. The second kappa shape index (κ2) is 9.46. The number of furan rings is 1. The number of carbonyl (C=O) groups is 2. The first-order chi connectivity index (χ1) is 15.2. The van der Waals surface area contributed by atoms with E-state index >= 15 is 0 Å². The molecule has 0 spiro atoms. The maximum absolute atomic E-state index is 12.9. The van der Waals surface area contributed by atoms with E-state index in [1.54, 1.807) is 6.07 Å². The smallest absolute Gasteiger partial charge is 0.416 e. The summed E-state index contributed by atoms with van der Waals surface area (Å²) in [5.41, 5.74) is 3.95. The van der Waals surface area contributed by atoms with Crippen molar-refractivity contribution in [1.82, 2.24) is 10.9 Å². The number of carbonyl (C=O) groups excluding carboxylic acids is 2. The normalized spacial score (nSPS) is 11.0. The van der Waals surface area contributed by atoms with Gasteiger partial charge in [-0.1, -0.05) is 12.1 Å². The van der Waals surface area contributed by atoms with Gasteiger partial charge >= 0.3 is 12.1 Å². The molecule has 10 heteroatoms. The Morgan fingerprint density at radius 2 is 1.72 bits per heavy atom. The first kappa shape index (κ1) is 22.7. The molecule has 1 heterocycles. The van der Waals surface area contributed by atoms with E-state index in [9.17, 15) is 22.8 Å². The first-order valence-corrected chi connectivity index (χ1v) is 9.42. The quantitative estimate of drug-likeness (QED) is 0.544. The number of amides is 2. The summed E-state index contributed by atoms with van der Waals surface area (Å²) in [6.45, 7) is 2.23. The Balaban J connectivity index is 1.66. The van der Waals surface area contributed by atoms with E-state index in [0.717, 1.165) is 12.1 Å². The molecule has 3 rings (SSSR count). The molecule has 2 N–H and O–H groups in total. The molecular formula is C22H19F3N2O5. The van der Waals surface area contributed by atoms with Crippen LogP contribution in [0.25, 0.3) is 11.3 Å². The molecule has 168 valence electrons. The monoisotopic (exact) mass is 448 g/mol. The van der Waals surface area contributed by atoms with E-state index in [4.69, 9.17) is 13.9 Å². The van der Waals surface area contributed by atoms with Gasteiger partial charge in [0.1, 0.15) is 5.76 Å². The van der Waals surface area contributed by atoms with Crippen molar-refractivity contribution in [3.8, 4) is 22.8 Å². The van der Waals surface area contributed by atoms with Crippen molar-refractivity contribution in [3.05, 3.63) is 71.5 Å². The van der Waals surface area contributed by atoms with Crippen LogP contribution in [0.2, 0.25) is 0 Å². The van der Waals surface area contributed by atoms with E-state index in [1.165, 1.54) is 43.5 Å². The highest BCUT2D eigenvalue weighted by atomic mass is 19.4. The summed E-state index contributed by atoms with van der Waals surface area (Å²) in [7, 11) is 1.43. The van der Waals surface area contributed by atoms with Crippen LogP contribution >= 0.6 is 0 Å². The number of hydrogen-bond donors (Lipinski definition) is 2. The lowest BCUT2D eigenvalue weighted by Gasteiger charge is -2.11. The molecule has 0 radical (unpaired) electrons. The summed E-state index contributed by atoms with van der Waals surface area (Å²) in [5, 5.41) is 0. The third kappa shape index (κ3) is 5.20. The summed E-state index contributed by atoms with van der Waals surface area (Å²) in [6, 6.07) is 11.7. The van der Waals surface area contributed by atoms with Crippen LogP contribution in [0.4, 0.5) is 13.2 Å². The fourth-order valence-corrected chi connectivity index (χ4v) is 2.79. The van der Waals surface area contributed by atoms with Crippen LogP contribution < -0.4 is 20.3 Å². The molecule has 0 aliphatic heterocycles. The van der Waals surface area contributed by atoms with E-state index in [2.05, 4.69) is 10.9 Å². The molecule has 7 nitrogen and oxygen atoms in total. The molecule has 0 bridgehead atoms. The highest BCUT2D eigenvalue weighted by Gasteiger charge is 2.30. The van der Waals surface area contributed by atoms with Crippen LogP contribution in [0.3, 0.4) is 0 Å². The number of benzene rings is 2. The molecule has 2 aromatic carbocycles. The molecule has 3 aromatic rings. The highest BCUT2D eigenvalue weighted by molar-refractivity contribution is 5.98. The second-order valence-electron chi connectivity index (χ2n) is 6.45. The van der Waals surface area contributed by atoms with Crippen molar-refractivity contribution in [2.45, 2.75) is 13.1 Å². The van der Waals surface area contributed by atoms with Gasteiger partial charge in [0.25, 0.3) is 5.91 Å². The van der Waals surface area contributed by atoms with E-state index in [0.29, 0.717) is 18.1 Å². The van der Waals surface area contributed by atoms with Crippen LogP contribution in [-0.4, -0.2) is 25.5 Å². The zero-order valence-electron chi connectivity index (χ0n) is 17.1. The van der Waals surface area contributed by atoms with Crippen LogP contribution in [-0.2, 0) is 6.18 Å². The van der Waals surface area contributed by atoms with Gasteiger partial charge in [-0.15, -0.1) is 0 Å². The van der Waals surface area contributed by atoms with E-state index in [1.807, 2.05) is 6.92 Å². The predicted molar refractivity (Wildman–Crippen MR) is 108 cm³/mol. The average Bonchev–Trinajstić information content (AvgIpc) is 3.27. The Morgan fingerprint density at radius 3 is 2.41 bits per heavy atom. The number of hydrogen-bond acceptors (Lipinski definition) is 5. The van der Waals surface area contributed by atoms with Gasteiger partial charge in [-0.3, -0.25) is 20.4 Å². The third-order valence-electron chi connectivity index (χ3n) is 4.32. The minimum Gasteiger partial charge on any atom is -0.493 e. The zero-order chi connectivity index (χ0) is 23.3. The minimum atomic E-state index is -4.50. The summed E-state index contributed by atoms with van der Waals surface area (Å²) in [6.07, 6.45) is -4.50. The average molecular weight is 448 g/mol. The Morgan fingerprint density at radius 1 is 0.969 bits per heavy atom. The van der Waals surface area contributed by atoms with Crippen molar-refractivity contribution in [1.29, 1.82) is 0 Å². The van der Waals surface area contributed by atoms with Crippen LogP contribution in [0.5, 0.6) is 11.5 Å². The number of alkyl halides is 3. The molecule has 0 saturated carbocycles. The summed E-state index contributed by atoms with van der Waals surface area (Å²) in [5.74, 6) is -0.708. The maximum Gasteiger partial charge on any atom is 0.416 e. The lowest BCUT2D eigenvalue weighted by atomic mass is 10.1. The van der Waals surface area contributed by atoms with Crippen molar-refractivity contribution in [2.24, 2.45) is 0 Å². The minimum absolute atomic E-state index is 0.0730. The van der Waals surface area contributed by atoms with Gasteiger partial charge in [0, 0.05) is 11.1 Å². The Hall–Kier alpha value is -3.95. The topological polar surface area (TPSA) is 89.8 Å². The SMILES string of the molecule is CCOc1ccc(C(=O)NNC(=O)c2ccc(-c3cccc(C(F)(F)F)c3)o2)cc1OC. The fraction of sp³-hybridized carbons (Fsp3) is 0.182. The number of rotatable bonds is 6. The molecule has 2 amide bonds. The molecule has 1 aromatic heterocycles. The molecule has 0 aliphatic carbocycles. The largest absolute Gasteiger partial charge is 0.493 e. The van der Waals surface area contributed by atoms with Crippen molar-refractivity contribution in [2.75, 3.05) is 13.7 Å². The zero-order valence-corrected chi connectivity index (χ0v) is 17.1. The number of nitrogens with one attached hydrogen (secondary N) is 2. The molecule has 0 saturated heterocycles. The second-order valence-corrected chi connectivity index (χ2v) is 6.45. The van der Waals surface area contributed by atoms with Gasteiger partial charge < -0.3 is 13.9 Å². The summed E-state index contributed by atoms with van der Waals surface area (Å²) >= 11 is 0. The molecule has 0 fully saturated rings. The van der Waals surface area contributed by atoms with Crippen LogP contribution in [0, 0.1) is 0 Å². The molecule has 0 atom stereocenters. The van der Waals surface area contributed by atoms with E-state index < -0.39 is 23.6 Å². The fourth-order valence-electron chi connectivity index (χ4n) is 2.79. The molecule has 32 heavy (non-hydrogen) atoms. The maximum atomic E-state index is 12.9. The van der Waals surface area contributed by atoms with Gasteiger partial charge in [-0.05, 0) is 49.4 Å². The summed E-state index contributed by atoms with van der Waals surface area (Å²) in [4.78, 5) is 24.6. The van der Waals surface area contributed by atoms with Crippen molar-refractivity contribution in [3.63, 3.8) is 0 Å². The Labute approximate surface area is 181 Å². The van der Waals surface area contributed by atoms with Gasteiger partial charge in [0.2, 0.25) is 0 Å². The predicted octanol–water partition coefficient (Wildman–Crippen LogP) is 4.45. The van der Waals surface area contributed by atoms with Crippen LogP contribution in [0.15, 0.2) is 59.0 Å². The third-order valence-corrected chi connectivity index (χ3v) is 4.32. The number of hydrazine groups is 1. The van der Waals surface area contributed by atoms with Crippen molar-refractivity contribution < 1.29 is 36.7 Å². The van der Waals surface area contributed by atoms with Gasteiger partial charge in [-0.25, -0.2) is 0 Å². The Kier molecular flexibility index (Phi) is 6.72.